The van der Waals surface area contributed by atoms with Crippen molar-refractivity contribution in [1.29, 1.82) is 5.26 Å². The summed E-state index contributed by atoms with van der Waals surface area (Å²) in [6.07, 6.45) is 3.97. The van der Waals surface area contributed by atoms with Crippen molar-refractivity contribution in [2.75, 3.05) is 19.3 Å². The van der Waals surface area contributed by atoms with Crippen LogP contribution < -0.4 is 15.8 Å². The average Bonchev–Trinajstić information content (AvgIpc) is 3.58. The minimum absolute atomic E-state index is 0.0679. The third-order valence-electron chi connectivity index (χ3n) is 7.32. The predicted molar refractivity (Wildman–Crippen MR) is 156 cm³/mol. The van der Waals surface area contributed by atoms with E-state index in [9.17, 15) is 10.1 Å². The zero-order valence-electron chi connectivity index (χ0n) is 22.9. The number of aromatic nitrogens is 3. The number of carbonyl (C=O) groups excluding carboxylic acids is 1. The van der Waals surface area contributed by atoms with E-state index in [2.05, 4.69) is 21.6 Å². The maximum Gasteiger partial charge on any atom is 0.264 e. The predicted octanol–water partition coefficient (Wildman–Crippen LogP) is 4.98. The number of hydrogen-bond acceptors (Lipinski definition) is 7. The van der Waals surface area contributed by atoms with Crippen LogP contribution in [0, 0.1) is 11.3 Å². The van der Waals surface area contributed by atoms with Crippen molar-refractivity contribution in [3.63, 3.8) is 0 Å². The summed E-state index contributed by atoms with van der Waals surface area (Å²) < 4.78 is 5.95. The average molecular weight is 536 g/mol. The molecule has 1 saturated heterocycles. The van der Waals surface area contributed by atoms with E-state index in [1.807, 2.05) is 79.4 Å². The van der Waals surface area contributed by atoms with Crippen molar-refractivity contribution in [3.05, 3.63) is 78.0 Å². The number of likely N-dealkylation sites (tertiary alicyclic amines) is 1. The van der Waals surface area contributed by atoms with Gasteiger partial charge in [0.05, 0.1) is 16.6 Å². The van der Waals surface area contributed by atoms with E-state index in [0.717, 1.165) is 40.8 Å². The lowest BCUT2D eigenvalue weighted by molar-refractivity contribution is -0.127. The molecule has 1 amide bonds. The SMILES string of the molecule is CNC(C)(C)C=C(C#N)C(=O)N1CCC[C@@H]1Cc1cc2[nH]nc(N)c2c(-c2ccc(Oc3ccccc3)cc2)n1. The van der Waals surface area contributed by atoms with Crippen molar-refractivity contribution < 1.29 is 9.53 Å². The van der Waals surface area contributed by atoms with E-state index in [0.29, 0.717) is 30.2 Å². The summed E-state index contributed by atoms with van der Waals surface area (Å²) >= 11 is 0. The van der Waals surface area contributed by atoms with Gasteiger partial charge in [-0.1, -0.05) is 18.2 Å². The standard InChI is InChI=1S/C31H33N7O2/c1-31(2,34-3)18-21(19-32)30(39)38-15-7-8-23(38)16-22-17-26-27(29(33)37-36-26)28(35-22)20-11-13-25(14-12-20)40-24-9-5-4-6-10-24/h4-6,9-14,17-18,23,34H,7-8,15-16H2,1-3H3,(H3,33,36,37)/t23-/m1/s1. The van der Waals surface area contributed by atoms with Gasteiger partial charge >= 0.3 is 0 Å². The molecule has 2 aromatic heterocycles. The number of likely N-dealkylation sites (N-methyl/N-ethyl adjacent to an activating group) is 1. The molecule has 0 spiro atoms. The molecule has 9 nitrogen and oxygen atoms in total. The van der Waals surface area contributed by atoms with Gasteiger partial charge in [-0.05, 0) is 82.3 Å². The summed E-state index contributed by atoms with van der Waals surface area (Å²) in [5.74, 6) is 1.61. The van der Waals surface area contributed by atoms with Crippen LogP contribution in [0.25, 0.3) is 22.2 Å². The zero-order chi connectivity index (χ0) is 28.3. The van der Waals surface area contributed by atoms with Gasteiger partial charge in [0.25, 0.3) is 5.91 Å². The van der Waals surface area contributed by atoms with E-state index < -0.39 is 5.54 Å². The third kappa shape index (κ3) is 5.67. The molecule has 1 fully saturated rings. The number of carbonyl (C=O) groups is 1. The van der Waals surface area contributed by atoms with Gasteiger partial charge in [0.15, 0.2) is 5.82 Å². The summed E-state index contributed by atoms with van der Waals surface area (Å²) in [4.78, 5) is 20.2. The largest absolute Gasteiger partial charge is 0.457 e. The summed E-state index contributed by atoms with van der Waals surface area (Å²) in [6.45, 7) is 4.46. The number of para-hydroxylation sites is 1. The third-order valence-corrected chi connectivity index (χ3v) is 7.32. The van der Waals surface area contributed by atoms with Crippen LogP contribution in [0.1, 0.15) is 32.4 Å². The molecule has 1 atom stereocenters. The minimum Gasteiger partial charge on any atom is -0.457 e. The summed E-state index contributed by atoms with van der Waals surface area (Å²) in [5, 5.41) is 20.9. The molecule has 0 bridgehead atoms. The Hall–Kier alpha value is -4.68. The van der Waals surface area contributed by atoms with Crippen LogP contribution in [0.3, 0.4) is 0 Å². The molecule has 3 heterocycles. The van der Waals surface area contributed by atoms with Crippen molar-refractivity contribution in [2.45, 2.75) is 44.7 Å². The van der Waals surface area contributed by atoms with Crippen LogP contribution >= 0.6 is 0 Å². The van der Waals surface area contributed by atoms with Crippen LogP contribution in [-0.4, -0.2) is 51.2 Å². The number of H-pyrrole nitrogens is 1. The first-order chi connectivity index (χ1) is 19.3. The molecule has 40 heavy (non-hydrogen) atoms. The van der Waals surface area contributed by atoms with Crippen LogP contribution in [-0.2, 0) is 11.2 Å². The number of benzene rings is 2. The number of nitrogens with zero attached hydrogens (tertiary/aromatic N) is 4. The highest BCUT2D eigenvalue weighted by molar-refractivity contribution is 6.00. The number of hydrogen-bond donors (Lipinski definition) is 3. The first-order valence-electron chi connectivity index (χ1n) is 13.4. The first kappa shape index (κ1) is 26.9. The smallest absolute Gasteiger partial charge is 0.264 e. The van der Waals surface area contributed by atoms with Gasteiger partial charge < -0.3 is 20.7 Å². The highest BCUT2D eigenvalue weighted by atomic mass is 16.5. The maximum atomic E-state index is 13.4. The number of anilines is 1. The molecular formula is C31H33N7O2. The van der Waals surface area contributed by atoms with Gasteiger partial charge in [0, 0.05) is 35.8 Å². The van der Waals surface area contributed by atoms with E-state index >= 15 is 0 Å². The number of pyridine rings is 1. The molecule has 204 valence electrons. The lowest BCUT2D eigenvalue weighted by Gasteiger charge is -2.26. The Morgan fingerprint density at radius 3 is 2.65 bits per heavy atom. The molecular weight excluding hydrogens is 502 g/mol. The Bertz CT molecular complexity index is 1580. The van der Waals surface area contributed by atoms with Gasteiger partial charge in [0.1, 0.15) is 23.1 Å². The summed E-state index contributed by atoms with van der Waals surface area (Å²) in [7, 11) is 1.81. The highest BCUT2D eigenvalue weighted by Crippen LogP contribution is 2.33. The lowest BCUT2D eigenvalue weighted by atomic mass is 10.0. The molecule has 9 heteroatoms. The Labute approximate surface area is 233 Å². The zero-order valence-corrected chi connectivity index (χ0v) is 22.9. The fourth-order valence-corrected chi connectivity index (χ4v) is 5.03. The Kier molecular flexibility index (Phi) is 7.54. The molecule has 2 aromatic carbocycles. The van der Waals surface area contributed by atoms with Crippen LogP contribution in [0.2, 0.25) is 0 Å². The number of nitrogens with one attached hydrogen (secondary N) is 2. The van der Waals surface area contributed by atoms with Crippen molar-refractivity contribution in [2.24, 2.45) is 0 Å². The van der Waals surface area contributed by atoms with Crippen LogP contribution in [0.5, 0.6) is 11.5 Å². The van der Waals surface area contributed by atoms with Gasteiger partial charge in [-0.15, -0.1) is 0 Å². The maximum absolute atomic E-state index is 13.4. The van der Waals surface area contributed by atoms with E-state index in [4.69, 9.17) is 15.5 Å². The summed E-state index contributed by atoms with van der Waals surface area (Å²) in [5.41, 5.74) is 9.10. The second kappa shape index (κ2) is 11.2. The van der Waals surface area contributed by atoms with E-state index in [1.54, 1.807) is 13.1 Å². The molecule has 0 saturated carbocycles. The second-order valence-electron chi connectivity index (χ2n) is 10.6. The molecule has 1 aliphatic heterocycles. The normalized spacial score (nSPS) is 15.8. The molecule has 0 aliphatic carbocycles. The minimum atomic E-state index is -0.473. The van der Waals surface area contributed by atoms with E-state index in [-0.39, 0.29) is 17.5 Å². The first-order valence-corrected chi connectivity index (χ1v) is 13.4. The van der Waals surface area contributed by atoms with Crippen molar-refractivity contribution >= 4 is 22.6 Å². The highest BCUT2D eigenvalue weighted by Gasteiger charge is 2.32. The Morgan fingerprint density at radius 2 is 1.95 bits per heavy atom. The fourth-order valence-electron chi connectivity index (χ4n) is 5.03. The topological polar surface area (TPSA) is 133 Å². The number of ether oxygens (including phenoxy) is 1. The molecule has 4 N–H and O–H groups in total. The number of fused-ring (bicyclic) bond motifs is 1. The number of nitrogens with two attached hydrogens (primary N) is 1. The summed E-state index contributed by atoms with van der Waals surface area (Å²) in [6, 6.07) is 21.3. The quantitative estimate of drug-likeness (QED) is 0.214. The van der Waals surface area contributed by atoms with Crippen LogP contribution in [0.4, 0.5) is 5.82 Å². The fraction of sp³-hybridized carbons (Fsp3) is 0.290. The van der Waals surface area contributed by atoms with Gasteiger partial charge in [-0.25, -0.2) is 0 Å². The Morgan fingerprint density at radius 1 is 1.23 bits per heavy atom. The molecule has 4 aromatic rings. The van der Waals surface area contributed by atoms with Gasteiger partial charge in [0.2, 0.25) is 0 Å². The number of nitriles is 1. The molecule has 0 unspecified atom stereocenters. The molecule has 5 rings (SSSR count). The lowest BCUT2D eigenvalue weighted by Crippen LogP contribution is -2.40. The van der Waals surface area contributed by atoms with E-state index in [1.165, 1.54) is 0 Å². The number of nitrogen functional groups attached to an aromatic ring is 1. The van der Waals surface area contributed by atoms with Gasteiger partial charge in [-0.2, -0.15) is 10.4 Å². The van der Waals surface area contributed by atoms with Crippen LogP contribution in [0.15, 0.2) is 72.3 Å². The number of amides is 1. The molecule has 1 aliphatic rings. The molecule has 0 radical (unpaired) electrons. The Balaban J connectivity index is 1.42. The number of aromatic amines is 1. The monoisotopic (exact) mass is 535 g/mol. The second-order valence-corrected chi connectivity index (χ2v) is 10.6. The van der Waals surface area contributed by atoms with Crippen molar-refractivity contribution in [3.8, 4) is 28.8 Å². The number of rotatable bonds is 8. The van der Waals surface area contributed by atoms with Gasteiger partial charge in [-0.3, -0.25) is 14.9 Å². The van der Waals surface area contributed by atoms with Crippen molar-refractivity contribution in [1.82, 2.24) is 25.4 Å².